The van der Waals surface area contributed by atoms with Crippen LogP contribution in [-0.4, -0.2) is 57.2 Å². The first-order valence-corrected chi connectivity index (χ1v) is 17.1. The van der Waals surface area contributed by atoms with Crippen molar-refractivity contribution in [2.45, 2.75) is 90.9 Å². The zero-order valence-electron chi connectivity index (χ0n) is 29.5. The zero-order chi connectivity index (χ0) is 37.0. The van der Waals surface area contributed by atoms with E-state index in [-0.39, 0.29) is 16.4 Å². The first-order chi connectivity index (χ1) is 21.8. The summed E-state index contributed by atoms with van der Waals surface area (Å²) in [5.41, 5.74) is -1.21. The van der Waals surface area contributed by atoms with Crippen molar-refractivity contribution in [1.29, 1.82) is 0 Å². The summed E-state index contributed by atoms with van der Waals surface area (Å²) < 4.78 is 68.1. The molecule has 0 saturated carbocycles. The molecule has 48 heavy (non-hydrogen) atoms. The molecule has 13 heteroatoms. The van der Waals surface area contributed by atoms with Gasteiger partial charge in [-0.3, -0.25) is 14.4 Å². The van der Waals surface area contributed by atoms with Gasteiger partial charge in [0.2, 0.25) is 17.7 Å². The predicted molar refractivity (Wildman–Crippen MR) is 180 cm³/mol. The number of hydrogen-bond acceptors (Lipinski definition) is 6. The van der Waals surface area contributed by atoms with Crippen LogP contribution in [0.5, 0.6) is 0 Å². The molecule has 0 saturated heterocycles. The largest absolute Gasteiger partial charge is 0.416 e. The summed E-state index contributed by atoms with van der Waals surface area (Å²) in [7, 11) is -1.10. The molecule has 0 heterocycles. The standard InChI is InChI=1S/C35H49F3N4O5S/c1-21(2)27(19-23(4)30(43)41-48(46,47)26-17-15-22(3)16-18-26)42(11)32(45)29(33(5,6)7)40-31(44)28(39-10)34(8,9)24-13-12-14-25(20-24)35(36,37)38/h12-21,23,28-29,39H,1-11H3,(H,40,44)(H,41,43)/b27-19+/t23?,28-,29-/m1/s1. The third-order valence-electron chi connectivity index (χ3n) is 8.32. The van der Waals surface area contributed by atoms with Crippen LogP contribution in [0.15, 0.2) is 65.2 Å². The van der Waals surface area contributed by atoms with E-state index in [2.05, 4.69) is 15.4 Å². The van der Waals surface area contributed by atoms with Crippen molar-refractivity contribution in [2.75, 3.05) is 14.1 Å². The fourth-order valence-corrected chi connectivity index (χ4v) is 6.37. The smallest absolute Gasteiger partial charge is 0.342 e. The summed E-state index contributed by atoms with van der Waals surface area (Å²) >= 11 is 0. The molecule has 0 bridgehead atoms. The summed E-state index contributed by atoms with van der Waals surface area (Å²) in [6.45, 7) is 15.5. The highest BCUT2D eigenvalue weighted by Gasteiger charge is 2.42. The second kappa shape index (κ2) is 15.2. The van der Waals surface area contributed by atoms with Gasteiger partial charge in [0, 0.05) is 18.2 Å². The van der Waals surface area contributed by atoms with E-state index >= 15 is 0 Å². The summed E-state index contributed by atoms with van der Waals surface area (Å²) in [5, 5.41) is 5.75. The summed E-state index contributed by atoms with van der Waals surface area (Å²) in [6, 6.07) is 8.72. The van der Waals surface area contributed by atoms with Crippen molar-refractivity contribution in [3.63, 3.8) is 0 Å². The predicted octanol–water partition coefficient (Wildman–Crippen LogP) is 5.55. The van der Waals surface area contributed by atoms with Crippen molar-refractivity contribution in [3.8, 4) is 0 Å². The van der Waals surface area contributed by atoms with E-state index in [1.165, 1.54) is 56.3 Å². The lowest BCUT2D eigenvalue weighted by molar-refractivity contribution is -0.138. The number of carbonyl (C=O) groups is 3. The third kappa shape index (κ3) is 9.91. The topological polar surface area (TPSA) is 125 Å². The Morgan fingerprint density at radius 2 is 1.40 bits per heavy atom. The van der Waals surface area contributed by atoms with Crippen LogP contribution in [0.25, 0.3) is 0 Å². The Labute approximate surface area is 282 Å². The highest BCUT2D eigenvalue weighted by molar-refractivity contribution is 7.90. The number of hydrogen-bond donors (Lipinski definition) is 3. The Hall–Kier alpha value is -3.71. The average molecular weight is 695 g/mol. The van der Waals surface area contributed by atoms with Gasteiger partial charge in [-0.15, -0.1) is 0 Å². The quantitative estimate of drug-likeness (QED) is 0.268. The van der Waals surface area contributed by atoms with Crippen LogP contribution in [0, 0.1) is 24.2 Å². The molecule has 3 atom stereocenters. The van der Waals surface area contributed by atoms with Gasteiger partial charge in [0.1, 0.15) is 6.04 Å². The SMILES string of the molecule is CN[C@H](C(=O)N[C@H](C(=O)N(C)/C(=C/C(C)C(=O)NS(=O)(=O)c1ccc(C)cc1)C(C)C)C(C)(C)C)C(C)(C)c1cccc(C(F)(F)F)c1. The van der Waals surface area contributed by atoms with Gasteiger partial charge < -0.3 is 15.5 Å². The molecular formula is C35H49F3N4O5S. The Morgan fingerprint density at radius 1 is 0.854 bits per heavy atom. The van der Waals surface area contributed by atoms with Crippen molar-refractivity contribution in [3.05, 3.63) is 77.0 Å². The van der Waals surface area contributed by atoms with Crippen LogP contribution in [0.3, 0.4) is 0 Å². The molecule has 3 amide bonds. The van der Waals surface area contributed by atoms with Crippen LogP contribution in [0.2, 0.25) is 0 Å². The molecule has 0 fully saturated rings. The van der Waals surface area contributed by atoms with E-state index in [9.17, 15) is 36.0 Å². The molecular weight excluding hydrogens is 645 g/mol. The van der Waals surface area contributed by atoms with E-state index in [0.29, 0.717) is 5.70 Å². The molecule has 0 aliphatic heterocycles. The van der Waals surface area contributed by atoms with Gasteiger partial charge in [0.25, 0.3) is 10.0 Å². The second-order valence-electron chi connectivity index (χ2n) is 14.0. The average Bonchev–Trinajstić information content (AvgIpc) is 2.96. The number of nitrogens with one attached hydrogen (secondary N) is 3. The van der Waals surface area contributed by atoms with Crippen LogP contribution in [0.4, 0.5) is 13.2 Å². The molecule has 266 valence electrons. The van der Waals surface area contributed by atoms with Gasteiger partial charge >= 0.3 is 6.18 Å². The highest BCUT2D eigenvalue weighted by Crippen LogP contribution is 2.35. The molecule has 0 aliphatic rings. The lowest BCUT2D eigenvalue weighted by atomic mass is 9.76. The van der Waals surface area contributed by atoms with Gasteiger partial charge in [-0.2, -0.15) is 13.2 Å². The number of benzene rings is 2. The highest BCUT2D eigenvalue weighted by atomic mass is 32.2. The normalized spacial score (nSPS) is 15.0. The molecule has 2 aromatic rings. The number of allylic oxidation sites excluding steroid dienone is 1. The van der Waals surface area contributed by atoms with Gasteiger partial charge in [0.15, 0.2) is 0 Å². The number of likely N-dealkylation sites (N-methyl/N-ethyl adjacent to an activating group) is 2. The number of rotatable bonds is 12. The number of alkyl halides is 3. The van der Waals surface area contributed by atoms with Crippen molar-refractivity contribution in [2.24, 2.45) is 17.3 Å². The lowest BCUT2D eigenvalue weighted by Gasteiger charge is -2.39. The van der Waals surface area contributed by atoms with Crippen molar-refractivity contribution in [1.82, 2.24) is 20.3 Å². The minimum Gasteiger partial charge on any atom is -0.342 e. The molecule has 9 nitrogen and oxygen atoms in total. The maximum atomic E-state index is 14.1. The van der Waals surface area contributed by atoms with Crippen LogP contribution in [-0.2, 0) is 36.0 Å². The first kappa shape index (κ1) is 40.5. The maximum Gasteiger partial charge on any atom is 0.416 e. The first-order valence-electron chi connectivity index (χ1n) is 15.6. The fraction of sp³-hybridized carbons (Fsp3) is 0.514. The molecule has 0 spiro atoms. The number of amides is 3. The van der Waals surface area contributed by atoms with E-state index < -0.39 is 68.3 Å². The molecule has 1 unspecified atom stereocenters. The van der Waals surface area contributed by atoms with E-state index in [1.807, 2.05) is 20.8 Å². The molecule has 2 aromatic carbocycles. The van der Waals surface area contributed by atoms with Gasteiger partial charge in [0.05, 0.1) is 22.4 Å². The summed E-state index contributed by atoms with van der Waals surface area (Å²) in [6.07, 6.45) is -3.05. The van der Waals surface area contributed by atoms with Crippen molar-refractivity contribution >= 4 is 27.7 Å². The molecule has 0 aliphatic carbocycles. The van der Waals surface area contributed by atoms with Crippen LogP contribution in [0.1, 0.15) is 72.1 Å². The van der Waals surface area contributed by atoms with Gasteiger partial charge in [-0.1, -0.05) is 90.4 Å². The van der Waals surface area contributed by atoms with Gasteiger partial charge in [-0.05, 0) is 56.0 Å². The van der Waals surface area contributed by atoms with E-state index in [1.54, 1.807) is 46.8 Å². The third-order valence-corrected chi connectivity index (χ3v) is 9.68. The minimum atomic E-state index is -4.56. The molecule has 2 rings (SSSR count). The number of carbonyl (C=O) groups excluding carboxylic acids is 3. The van der Waals surface area contributed by atoms with E-state index in [0.717, 1.165) is 17.7 Å². The Balaban J connectivity index is 2.37. The summed E-state index contributed by atoms with van der Waals surface area (Å²) in [5.74, 6) is -3.12. The Morgan fingerprint density at radius 3 is 1.88 bits per heavy atom. The number of halogens is 3. The fourth-order valence-electron chi connectivity index (χ4n) is 5.30. The monoisotopic (exact) mass is 694 g/mol. The summed E-state index contributed by atoms with van der Waals surface area (Å²) in [4.78, 5) is 42.2. The van der Waals surface area contributed by atoms with Crippen molar-refractivity contribution < 1.29 is 36.0 Å². The Bertz CT molecular complexity index is 1610. The molecule has 3 N–H and O–H groups in total. The number of sulfonamides is 1. The maximum absolute atomic E-state index is 14.1. The lowest BCUT2D eigenvalue weighted by Crippen LogP contribution is -2.60. The van der Waals surface area contributed by atoms with Crippen LogP contribution < -0.4 is 15.4 Å². The number of aryl methyl sites for hydroxylation is 1. The number of nitrogens with zero attached hydrogens (tertiary/aromatic N) is 1. The van der Waals surface area contributed by atoms with Crippen LogP contribution >= 0.6 is 0 Å². The zero-order valence-corrected chi connectivity index (χ0v) is 30.4. The Kier molecular flexibility index (Phi) is 12.8. The molecule has 0 radical (unpaired) electrons. The minimum absolute atomic E-state index is 0.0612. The van der Waals surface area contributed by atoms with Gasteiger partial charge in [-0.25, -0.2) is 13.1 Å². The second-order valence-corrected chi connectivity index (χ2v) is 15.7. The molecule has 0 aromatic heterocycles. The van der Waals surface area contributed by atoms with E-state index in [4.69, 9.17) is 0 Å².